The molecule has 0 aromatic heterocycles. The summed E-state index contributed by atoms with van der Waals surface area (Å²) in [6, 6.07) is 6.64. The molecule has 0 radical (unpaired) electrons. The van der Waals surface area contributed by atoms with Gasteiger partial charge in [0, 0.05) is 12.6 Å². The lowest BCUT2D eigenvalue weighted by Crippen LogP contribution is -2.17. The van der Waals surface area contributed by atoms with Crippen LogP contribution in [0.4, 0.5) is 0 Å². The van der Waals surface area contributed by atoms with Crippen molar-refractivity contribution in [1.82, 2.24) is 5.32 Å². The average molecular weight is 219 g/mol. The van der Waals surface area contributed by atoms with Crippen LogP contribution < -0.4 is 5.32 Å². The number of rotatable bonds is 3. The van der Waals surface area contributed by atoms with Crippen LogP contribution in [0.3, 0.4) is 0 Å². The SMILES string of the molecule is C=C(NC(C)=O)c1ccc(C(=O)OC)cc1. The molecule has 0 saturated carbocycles. The van der Waals surface area contributed by atoms with Gasteiger partial charge in [-0.3, -0.25) is 4.79 Å². The molecule has 1 aromatic carbocycles. The highest BCUT2D eigenvalue weighted by Crippen LogP contribution is 2.11. The number of esters is 1. The van der Waals surface area contributed by atoms with Gasteiger partial charge in [-0.2, -0.15) is 0 Å². The Labute approximate surface area is 93.9 Å². The second kappa shape index (κ2) is 5.11. The standard InChI is InChI=1S/C12H13NO3/c1-8(13-9(2)14)10-4-6-11(7-5-10)12(15)16-3/h4-7H,1H2,2-3H3,(H,13,14). The Kier molecular flexibility index (Phi) is 3.83. The highest BCUT2D eigenvalue weighted by molar-refractivity contribution is 5.90. The predicted octanol–water partition coefficient (Wildman–Crippen LogP) is 1.58. The second-order valence-corrected chi connectivity index (χ2v) is 3.23. The largest absolute Gasteiger partial charge is 0.465 e. The number of amides is 1. The van der Waals surface area contributed by atoms with E-state index in [9.17, 15) is 9.59 Å². The van der Waals surface area contributed by atoms with Crippen molar-refractivity contribution in [2.24, 2.45) is 0 Å². The Bertz CT molecular complexity index is 420. The van der Waals surface area contributed by atoms with E-state index >= 15 is 0 Å². The Balaban J connectivity index is 2.82. The van der Waals surface area contributed by atoms with Gasteiger partial charge in [0.1, 0.15) is 0 Å². The molecule has 1 amide bonds. The minimum absolute atomic E-state index is 0.179. The number of carbonyl (C=O) groups excluding carboxylic acids is 2. The zero-order valence-corrected chi connectivity index (χ0v) is 9.24. The normalized spacial score (nSPS) is 9.38. The molecule has 0 atom stereocenters. The van der Waals surface area contributed by atoms with Crippen molar-refractivity contribution in [2.75, 3.05) is 7.11 Å². The molecule has 1 N–H and O–H groups in total. The number of ether oxygens (including phenoxy) is 1. The van der Waals surface area contributed by atoms with Gasteiger partial charge in [-0.1, -0.05) is 18.7 Å². The zero-order valence-electron chi connectivity index (χ0n) is 9.24. The minimum atomic E-state index is -0.392. The van der Waals surface area contributed by atoms with Crippen LogP contribution in [0.5, 0.6) is 0 Å². The zero-order chi connectivity index (χ0) is 12.1. The summed E-state index contributed by atoms with van der Waals surface area (Å²) in [7, 11) is 1.33. The fourth-order valence-electron chi connectivity index (χ4n) is 1.21. The molecule has 0 aliphatic heterocycles. The van der Waals surface area contributed by atoms with E-state index in [0.29, 0.717) is 11.3 Å². The third kappa shape index (κ3) is 2.95. The summed E-state index contributed by atoms with van der Waals surface area (Å²) in [4.78, 5) is 22.0. The molecule has 4 heteroatoms. The van der Waals surface area contributed by atoms with Crippen LogP contribution in [0.1, 0.15) is 22.8 Å². The molecule has 0 fully saturated rings. The maximum atomic E-state index is 11.2. The Hall–Kier alpha value is -2.10. The summed E-state index contributed by atoms with van der Waals surface area (Å²) in [6.07, 6.45) is 0. The van der Waals surface area contributed by atoms with Crippen molar-refractivity contribution in [3.05, 3.63) is 42.0 Å². The van der Waals surface area contributed by atoms with Gasteiger partial charge in [-0.05, 0) is 17.7 Å². The molecule has 0 spiro atoms. The van der Waals surface area contributed by atoms with Crippen LogP contribution in [-0.2, 0) is 9.53 Å². The highest BCUT2D eigenvalue weighted by Gasteiger charge is 2.05. The molecular formula is C12H13NO3. The van der Waals surface area contributed by atoms with Gasteiger partial charge in [-0.25, -0.2) is 4.79 Å². The summed E-state index contributed by atoms with van der Waals surface area (Å²) in [5.41, 5.74) is 1.72. The fraction of sp³-hybridized carbons (Fsp3) is 0.167. The van der Waals surface area contributed by atoms with Gasteiger partial charge in [0.05, 0.1) is 12.7 Å². The van der Waals surface area contributed by atoms with E-state index in [1.165, 1.54) is 14.0 Å². The van der Waals surface area contributed by atoms with E-state index in [0.717, 1.165) is 5.56 Å². The lowest BCUT2D eigenvalue weighted by atomic mass is 10.1. The van der Waals surface area contributed by atoms with Gasteiger partial charge in [-0.15, -0.1) is 0 Å². The number of hydrogen-bond donors (Lipinski definition) is 1. The topological polar surface area (TPSA) is 55.4 Å². The van der Waals surface area contributed by atoms with Crippen LogP contribution in [0.15, 0.2) is 30.8 Å². The molecule has 4 nitrogen and oxygen atoms in total. The smallest absolute Gasteiger partial charge is 0.337 e. The monoisotopic (exact) mass is 219 g/mol. The number of methoxy groups -OCH3 is 1. The molecule has 0 unspecified atom stereocenters. The Morgan fingerprint density at radius 3 is 2.12 bits per heavy atom. The maximum Gasteiger partial charge on any atom is 0.337 e. The van der Waals surface area contributed by atoms with Gasteiger partial charge in [0.2, 0.25) is 5.91 Å². The summed E-state index contributed by atoms with van der Waals surface area (Å²) in [6.45, 7) is 5.12. The molecule has 1 aromatic rings. The maximum absolute atomic E-state index is 11.2. The van der Waals surface area contributed by atoms with E-state index in [4.69, 9.17) is 0 Å². The number of nitrogens with one attached hydrogen (secondary N) is 1. The summed E-state index contributed by atoms with van der Waals surface area (Å²) >= 11 is 0. The first-order valence-corrected chi connectivity index (χ1v) is 4.70. The first kappa shape index (κ1) is 12.0. The van der Waals surface area contributed by atoms with Crippen LogP contribution >= 0.6 is 0 Å². The average Bonchev–Trinajstić information content (AvgIpc) is 2.27. The molecule has 0 bridgehead atoms. The van der Waals surface area contributed by atoms with Crippen LogP contribution in [-0.4, -0.2) is 19.0 Å². The lowest BCUT2D eigenvalue weighted by Gasteiger charge is -2.06. The van der Waals surface area contributed by atoms with Crippen molar-refractivity contribution in [3.63, 3.8) is 0 Å². The van der Waals surface area contributed by atoms with Crippen molar-refractivity contribution < 1.29 is 14.3 Å². The van der Waals surface area contributed by atoms with Crippen LogP contribution in [0.25, 0.3) is 5.70 Å². The van der Waals surface area contributed by atoms with E-state index in [2.05, 4.69) is 16.6 Å². The van der Waals surface area contributed by atoms with Crippen LogP contribution in [0.2, 0.25) is 0 Å². The van der Waals surface area contributed by atoms with Gasteiger partial charge in [0.15, 0.2) is 0 Å². The number of carbonyl (C=O) groups is 2. The molecule has 16 heavy (non-hydrogen) atoms. The van der Waals surface area contributed by atoms with E-state index in [1.54, 1.807) is 24.3 Å². The Morgan fingerprint density at radius 1 is 1.19 bits per heavy atom. The second-order valence-electron chi connectivity index (χ2n) is 3.23. The number of benzene rings is 1. The van der Waals surface area contributed by atoms with Gasteiger partial charge in [0.25, 0.3) is 0 Å². The molecule has 84 valence electrons. The third-order valence-electron chi connectivity index (χ3n) is 1.98. The summed E-state index contributed by atoms with van der Waals surface area (Å²) in [5, 5.41) is 2.57. The van der Waals surface area contributed by atoms with Crippen molar-refractivity contribution in [3.8, 4) is 0 Å². The summed E-state index contributed by atoms with van der Waals surface area (Å²) in [5.74, 6) is -0.571. The molecular weight excluding hydrogens is 206 g/mol. The molecule has 0 heterocycles. The third-order valence-corrected chi connectivity index (χ3v) is 1.98. The van der Waals surface area contributed by atoms with Crippen molar-refractivity contribution >= 4 is 17.6 Å². The molecule has 0 saturated heterocycles. The predicted molar refractivity (Wildman–Crippen MR) is 60.6 cm³/mol. The fourth-order valence-corrected chi connectivity index (χ4v) is 1.21. The van der Waals surface area contributed by atoms with E-state index in [-0.39, 0.29) is 5.91 Å². The van der Waals surface area contributed by atoms with Gasteiger partial charge >= 0.3 is 5.97 Å². The molecule has 0 aliphatic carbocycles. The minimum Gasteiger partial charge on any atom is -0.465 e. The molecule has 0 aliphatic rings. The van der Waals surface area contributed by atoms with E-state index in [1.807, 2.05) is 0 Å². The lowest BCUT2D eigenvalue weighted by molar-refractivity contribution is -0.117. The van der Waals surface area contributed by atoms with Gasteiger partial charge < -0.3 is 10.1 Å². The quantitative estimate of drug-likeness (QED) is 0.785. The van der Waals surface area contributed by atoms with Crippen molar-refractivity contribution in [2.45, 2.75) is 6.92 Å². The van der Waals surface area contributed by atoms with E-state index < -0.39 is 5.97 Å². The number of hydrogen-bond acceptors (Lipinski definition) is 3. The first-order chi connectivity index (χ1) is 7.54. The first-order valence-electron chi connectivity index (χ1n) is 4.70. The molecule has 1 rings (SSSR count). The summed E-state index contributed by atoms with van der Waals surface area (Å²) < 4.78 is 4.57. The van der Waals surface area contributed by atoms with Crippen molar-refractivity contribution in [1.29, 1.82) is 0 Å². The Morgan fingerprint density at radius 2 is 1.69 bits per heavy atom. The highest BCUT2D eigenvalue weighted by atomic mass is 16.5. The van der Waals surface area contributed by atoms with Crippen LogP contribution in [0, 0.1) is 0 Å².